The molecular weight excluding hydrogens is 438 g/mol. The molecule has 1 aliphatic carbocycles. The van der Waals surface area contributed by atoms with Crippen molar-refractivity contribution < 1.29 is 4.79 Å². The van der Waals surface area contributed by atoms with Gasteiger partial charge in [-0.1, -0.05) is 36.9 Å². The minimum absolute atomic E-state index is 0.0965. The van der Waals surface area contributed by atoms with Gasteiger partial charge in [-0.25, -0.2) is 0 Å². The molecule has 6 nitrogen and oxygen atoms in total. The summed E-state index contributed by atoms with van der Waals surface area (Å²) in [4.78, 5) is 14.5. The summed E-state index contributed by atoms with van der Waals surface area (Å²) in [6, 6.07) is 12.5. The van der Waals surface area contributed by atoms with Crippen molar-refractivity contribution in [1.29, 1.82) is 5.26 Å². The van der Waals surface area contributed by atoms with E-state index in [1.54, 1.807) is 11.3 Å². The van der Waals surface area contributed by atoms with Crippen LogP contribution in [0.1, 0.15) is 47.8 Å². The number of aryl methyl sites for hydroxylation is 2. The average molecular weight is 462 g/mol. The lowest BCUT2D eigenvalue weighted by Crippen LogP contribution is -2.24. The third-order valence-electron chi connectivity index (χ3n) is 6.00. The number of carbonyl (C=O) groups excluding carboxylic acids is 1. The first-order valence-electron chi connectivity index (χ1n) is 10.9. The number of nitrogens with zero attached hydrogens (tertiary/aromatic N) is 4. The number of benzene rings is 1. The highest BCUT2D eigenvalue weighted by atomic mass is 32.2. The van der Waals surface area contributed by atoms with Crippen LogP contribution in [0.2, 0.25) is 0 Å². The van der Waals surface area contributed by atoms with Crippen molar-refractivity contribution in [2.45, 2.75) is 56.4 Å². The van der Waals surface area contributed by atoms with E-state index in [1.807, 2.05) is 29.5 Å². The van der Waals surface area contributed by atoms with Crippen molar-refractivity contribution in [2.75, 3.05) is 5.32 Å². The number of amides is 1. The van der Waals surface area contributed by atoms with Crippen LogP contribution in [0.5, 0.6) is 0 Å². The second kappa shape index (κ2) is 8.57. The smallest absolute Gasteiger partial charge is 0.238 e. The molecule has 1 aromatic carbocycles. The Bertz CT molecular complexity index is 1380. The van der Waals surface area contributed by atoms with E-state index in [-0.39, 0.29) is 11.2 Å². The van der Waals surface area contributed by atoms with Gasteiger partial charge in [-0.2, -0.15) is 5.26 Å². The molecule has 3 aromatic heterocycles. The molecule has 0 bridgehead atoms. The molecule has 8 heteroatoms. The highest BCUT2D eigenvalue weighted by molar-refractivity contribution is 8.00. The van der Waals surface area contributed by atoms with Crippen molar-refractivity contribution in [1.82, 2.24) is 14.6 Å². The SMILES string of the molecule is CCC(Sc1nnc2cc(C)c3ccccc3n12)C(=O)Nc1sc2c(c1C#N)CCCC2. The molecule has 1 aliphatic rings. The Kier molecular flexibility index (Phi) is 5.62. The number of nitriles is 1. The molecule has 0 aliphatic heterocycles. The van der Waals surface area contributed by atoms with E-state index in [2.05, 4.69) is 40.6 Å². The number of thiophene rings is 1. The number of aromatic nitrogens is 3. The van der Waals surface area contributed by atoms with Gasteiger partial charge in [0.1, 0.15) is 11.1 Å². The first-order chi connectivity index (χ1) is 15.6. The van der Waals surface area contributed by atoms with Gasteiger partial charge in [-0.3, -0.25) is 9.20 Å². The van der Waals surface area contributed by atoms with Gasteiger partial charge < -0.3 is 5.32 Å². The summed E-state index contributed by atoms with van der Waals surface area (Å²) < 4.78 is 2.02. The van der Waals surface area contributed by atoms with E-state index in [4.69, 9.17) is 0 Å². The largest absolute Gasteiger partial charge is 0.316 e. The van der Waals surface area contributed by atoms with Crippen molar-refractivity contribution in [2.24, 2.45) is 0 Å². The minimum atomic E-state index is -0.340. The number of rotatable bonds is 5. The Morgan fingerprint density at radius 1 is 1.31 bits per heavy atom. The molecule has 5 rings (SSSR count). The van der Waals surface area contributed by atoms with E-state index in [0.29, 0.717) is 22.1 Å². The number of fused-ring (bicyclic) bond motifs is 4. The highest BCUT2D eigenvalue weighted by Crippen LogP contribution is 2.38. The van der Waals surface area contributed by atoms with E-state index >= 15 is 0 Å². The van der Waals surface area contributed by atoms with Crippen LogP contribution in [-0.2, 0) is 17.6 Å². The molecule has 1 N–H and O–H groups in total. The first kappa shape index (κ1) is 21.0. The van der Waals surface area contributed by atoms with Gasteiger partial charge in [0, 0.05) is 10.3 Å². The second-order valence-corrected chi connectivity index (χ2v) is 10.3. The maximum Gasteiger partial charge on any atom is 0.238 e. The molecule has 0 saturated heterocycles. The van der Waals surface area contributed by atoms with Gasteiger partial charge in [0.15, 0.2) is 10.8 Å². The normalized spacial score (nSPS) is 14.3. The first-order valence-corrected chi connectivity index (χ1v) is 12.6. The number of carbonyl (C=O) groups is 1. The fourth-order valence-electron chi connectivity index (χ4n) is 4.37. The van der Waals surface area contributed by atoms with E-state index < -0.39 is 0 Å². The topological polar surface area (TPSA) is 83.1 Å². The number of thioether (sulfide) groups is 1. The fourth-order valence-corrected chi connectivity index (χ4v) is 6.58. The van der Waals surface area contributed by atoms with Crippen molar-refractivity contribution >= 4 is 50.6 Å². The van der Waals surface area contributed by atoms with Crippen LogP contribution in [0.25, 0.3) is 16.6 Å². The average Bonchev–Trinajstić information content (AvgIpc) is 3.37. The molecule has 0 fully saturated rings. The van der Waals surface area contributed by atoms with Crippen LogP contribution in [0.4, 0.5) is 5.00 Å². The minimum Gasteiger partial charge on any atom is -0.316 e. The van der Waals surface area contributed by atoms with E-state index in [0.717, 1.165) is 53.4 Å². The molecule has 0 spiro atoms. The predicted molar refractivity (Wildman–Crippen MR) is 129 cm³/mol. The molecule has 1 unspecified atom stereocenters. The number of pyridine rings is 1. The summed E-state index contributed by atoms with van der Waals surface area (Å²) in [5.74, 6) is -0.0965. The number of anilines is 1. The molecule has 3 heterocycles. The molecule has 1 atom stereocenters. The van der Waals surface area contributed by atoms with Crippen molar-refractivity contribution in [3.63, 3.8) is 0 Å². The zero-order valence-corrected chi connectivity index (χ0v) is 19.6. The Hall–Kier alpha value is -2.89. The Morgan fingerprint density at radius 2 is 2.12 bits per heavy atom. The summed E-state index contributed by atoms with van der Waals surface area (Å²) in [7, 11) is 0. The maximum atomic E-state index is 13.2. The number of hydrogen-bond acceptors (Lipinski definition) is 6. The predicted octanol–water partition coefficient (Wildman–Crippen LogP) is 5.51. The van der Waals surface area contributed by atoms with E-state index in [9.17, 15) is 10.1 Å². The summed E-state index contributed by atoms with van der Waals surface area (Å²) >= 11 is 2.98. The highest BCUT2D eigenvalue weighted by Gasteiger charge is 2.26. The van der Waals surface area contributed by atoms with Crippen LogP contribution >= 0.6 is 23.1 Å². The van der Waals surface area contributed by atoms with Gasteiger partial charge in [0.2, 0.25) is 5.91 Å². The molecule has 4 aromatic rings. The number of para-hydroxylation sites is 1. The second-order valence-electron chi connectivity index (χ2n) is 8.05. The van der Waals surface area contributed by atoms with Crippen LogP contribution in [0.3, 0.4) is 0 Å². The van der Waals surface area contributed by atoms with Crippen LogP contribution < -0.4 is 5.32 Å². The Labute approximate surface area is 194 Å². The molecule has 162 valence electrons. The molecule has 32 heavy (non-hydrogen) atoms. The fraction of sp³-hybridized carbons (Fsp3) is 0.333. The zero-order chi connectivity index (χ0) is 22.2. The van der Waals surface area contributed by atoms with E-state index in [1.165, 1.54) is 16.6 Å². The van der Waals surface area contributed by atoms with Gasteiger partial charge in [0.05, 0.1) is 16.3 Å². The summed E-state index contributed by atoms with van der Waals surface area (Å²) in [6.45, 7) is 4.06. The summed E-state index contributed by atoms with van der Waals surface area (Å²) in [5, 5.41) is 23.7. The van der Waals surface area contributed by atoms with Crippen LogP contribution in [0, 0.1) is 18.3 Å². The monoisotopic (exact) mass is 461 g/mol. The van der Waals surface area contributed by atoms with Crippen molar-refractivity contribution in [3.8, 4) is 6.07 Å². The van der Waals surface area contributed by atoms with Gasteiger partial charge in [0.25, 0.3) is 0 Å². The lowest BCUT2D eigenvalue weighted by Gasteiger charge is -2.14. The zero-order valence-electron chi connectivity index (χ0n) is 18.0. The molecule has 0 radical (unpaired) electrons. The Balaban J connectivity index is 1.45. The summed E-state index contributed by atoms with van der Waals surface area (Å²) in [6.07, 6.45) is 4.81. The number of nitrogens with one attached hydrogen (secondary N) is 1. The van der Waals surface area contributed by atoms with Crippen molar-refractivity contribution in [3.05, 3.63) is 51.9 Å². The van der Waals surface area contributed by atoms with Crippen LogP contribution in [0.15, 0.2) is 35.5 Å². The number of hydrogen-bond donors (Lipinski definition) is 1. The van der Waals surface area contributed by atoms with Gasteiger partial charge in [-0.05, 0) is 62.3 Å². The third-order valence-corrected chi connectivity index (χ3v) is 8.52. The maximum absolute atomic E-state index is 13.2. The lowest BCUT2D eigenvalue weighted by atomic mass is 9.96. The quantitative estimate of drug-likeness (QED) is 0.396. The Morgan fingerprint density at radius 3 is 2.94 bits per heavy atom. The standard InChI is InChI=1S/C24H23N5OS2/c1-3-19(22(30)26-23-17(13-25)16-9-5-7-11-20(16)31-23)32-24-28-27-21-12-14(2)15-8-4-6-10-18(15)29(21)24/h4,6,8,10,12,19H,3,5,7,9,11H2,1-2H3,(H,26,30). The third kappa shape index (κ3) is 3.55. The molecule has 1 amide bonds. The van der Waals surface area contributed by atoms with Gasteiger partial charge >= 0.3 is 0 Å². The van der Waals surface area contributed by atoms with Crippen LogP contribution in [-0.4, -0.2) is 25.8 Å². The summed E-state index contributed by atoms with van der Waals surface area (Å²) in [5.41, 5.74) is 4.73. The molecular formula is C24H23N5OS2. The van der Waals surface area contributed by atoms with Gasteiger partial charge in [-0.15, -0.1) is 21.5 Å². The lowest BCUT2D eigenvalue weighted by molar-refractivity contribution is -0.115. The molecule has 0 saturated carbocycles.